The molecule has 1 atom stereocenters. The molecule has 19 heavy (non-hydrogen) atoms. The maximum Gasteiger partial charge on any atom is 0.0546 e. The SMILES string of the molecule is CC(C)C.CC(C)c1cccc(/C=C/C[C@@H](C)O)c1. The van der Waals surface area contributed by atoms with Crippen LogP contribution in [0.15, 0.2) is 30.3 Å². The molecule has 1 nitrogen and oxygen atoms in total. The van der Waals surface area contributed by atoms with Gasteiger partial charge in [0.25, 0.3) is 0 Å². The highest BCUT2D eigenvalue weighted by atomic mass is 16.3. The zero-order valence-electron chi connectivity index (χ0n) is 13.4. The molecule has 0 saturated carbocycles. The molecule has 0 bridgehead atoms. The molecule has 1 aromatic rings. The molecule has 0 unspecified atom stereocenters. The number of aliphatic hydroxyl groups is 1. The fraction of sp³-hybridized carbons (Fsp3) is 0.556. The Hall–Kier alpha value is -1.08. The Morgan fingerprint density at radius 3 is 2.11 bits per heavy atom. The number of benzene rings is 1. The van der Waals surface area contributed by atoms with Crippen LogP contribution in [0.3, 0.4) is 0 Å². The van der Waals surface area contributed by atoms with Gasteiger partial charge in [0, 0.05) is 0 Å². The van der Waals surface area contributed by atoms with Gasteiger partial charge in [-0.05, 0) is 36.3 Å². The lowest BCUT2D eigenvalue weighted by Gasteiger charge is -2.05. The van der Waals surface area contributed by atoms with E-state index in [1.54, 1.807) is 6.92 Å². The van der Waals surface area contributed by atoms with Gasteiger partial charge in [0.05, 0.1) is 6.10 Å². The van der Waals surface area contributed by atoms with E-state index in [2.05, 4.69) is 65.0 Å². The van der Waals surface area contributed by atoms with Crippen LogP contribution in [0.4, 0.5) is 0 Å². The predicted octanol–water partition coefficient (Wildman–Crippen LogP) is 5.26. The van der Waals surface area contributed by atoms with Gasteiger partial charge in [-0.2, -0.15) is 0 Å². The van der Waals surface area contributed by atoms with E-state index >= 15 is 0 Å². The van der Waals surface area contributed by atoms with E-state index in [9.17, 15) is 0 Å². The smallest absolute Gasteiger partial charge is 0.0546 e. The van der Waals surface area contributed by atoms with Crippen LogP contribution in [0.25, 0.3) is 6.08 Å². The standard InChI is InChI=1S/C14H20O.C4H10/c1-11(2)14-9-5-8-13(10-14)7-4-6-12(3)15;1-4(2)3/h4-5,7-12,15H,6H2,1-3H3;4H,1-3H3/b7-4+;/t12-;/m1./s1. The van der Waals surface area contributed by atoms with Gasteiger partial charge in [0.2, 0.25) is 0 Å². The minimum atomic E-state index is -0.255. The summed E-state index contributed by atoms with van der Waals surface area (Å²) in [7, 11) is 0. The minimum Gasteiger partial charge on any atom is -0.393 e. The van der Waals surface area contributed by atoms with E-state index in [0.717, 1.165) is 5.92 Å². The van der Waals surface area contributed by atoms with Crippen molar-refractivity contribution in [2.75, 3.05) is 0 Å². The molecule has 1 heteroatoms. The summed E-state index contributed by atoms with van der Waals surface area (Å²) < 4.78 is 0. The van der Waals surface area contributed by atoms with Crippen molar-refractivity contribution in [1.29, 1.82) is 0 Å². The number of hydrogen-bond acceptors (Lipinski definition) is 1. The van der Waals surface area contributed by atoms with E-state index in [1.165, 1.54) is 11.1 Å². The highest BCUT2D eigenvalue weighted by Gasteiger charge is 1.98. The van der Waals surface area contributed by atoms with Gasteiger partial charge in [-0.15, -0.1) is 0 Å². The third-order valence-electron chi connectivity index (χ3n) is 2.36. The Balaban J connectivity index is 0.000000711. The Bertz CT molecular complexity index is 359. The van der Waals surface area contributed by atoms with Gasteiger partial charge in [-0.3, -0.25) is 0 Å². The molecule has 108 valence electrons. The molecule has 0 aliphatic rings. The first-order valence-corrected chi connectivity index (χ1v) is 7.27. The second kappa shape index (κ2) is 9.80. The molecule has 1 aromatic carbocycles. The molecular weight excluding hydrogens is 232 g/mol. The van der Waals surface area contributed by atoms with E-state index in [0.29, 0.717) is 12.3 Å². The molecule has 0 fully saturated rings. The zero-order valence-corrected chi connectivity index (χ0v) is 13.4. The molecule has 1 rings (SSSR count). The Morgan fingerprint density at radius 1 is 1.05 bits per heavy atom. The molecule has 0 spiro atoms. The van der Waals surface area contributed by atoms with Crippen molar-refractivity contribution in [3.05, 3.63) is 41.5 Å². The minimum absolute atomic E-state index is 0.255. The van der Waals surface area contributed by atoms with Crippen molar-refractivity contribution in [2.24, 2.45) is 5.92 Å². The average Bonchev–Trinajstić information content (AvgIpc) is 2.28. The van der Waals surface area contributed by atoms with Crippen LogP contribution < -0.4 is 0 Å². The van der Waals surface area contributed by atoms with Crippen molar-refractivity contribution in [3.8, 4) is 0 Å². The van der Waals surface area contributed by atoms with Crippen LogP contribution in [0.1, 0.15) is 65.0 Å². The third-order valence-corrected chi connectivity index (χ3v) is 2.36. The van der Waals surface area contributed by atoms with E-state index in [-0.39, 0.29) is 6.10 Å². The lowest BCUT2D eigenvalue weighted by Crippen LogP contribution is -1.95. The predicted molar refractivity (Wildman–Crippen MR) is 86.4 cm³/mol. The van der Waals surface area contributed by atoms with Gasteiger partial charge in [-0.1, -0.05) is 71.0 Å². The summed E-state index contributed by atoms with van der Waals surface area (Å²) in [6.07, 6.45) is 4.55. The summed E-state index contributed by atoms with van der Waals surface area (Å²) in [5.41, 5.74) is 2.57. The molecule has 1 N–H and O–H groups in total. The Labute approximate surface area is 119 Å². The lowest BCUT2D eigenvalue weighted by molar-refractivity contribution is 0.199. The molecular formula is C18H30O. The van der Waals surface area contributed by atoms with Gasteiger partial charge >= 0.3 is 0 Å². The lowest BCUT2D eigenvalue weighted by atomic mass is 10.0. The van der Waals surface area contributed by atoms with Crippen molar-refractivity contribution in [1.82, 2.24) is 0 Å². The second-order valence-corrected chi connectivity index (χ2v) is 6.04. The van der Waals surface area contributed by atoms with Crippen molar-refractivity contribution in [3.63, 3.8) is 0 Å². The summed E-state index contributed by atoms with van der Waals surface area (Å²) in [5, 5.41) is 9.12. The van der Waals surface area contributed by atoms with E-state index in [1.807, 2.05) is 6.08 Å². The van der Waals surface area contributed by atoms with Gasteiger partial charge in [-0.25, -0.2) is 0 Å². The topological polar surface area (TPSA) is 20.2 Å². The van der Waals surface area contributed by atoms with Crippen LogP contribution in [0.2, 0.25) is 0 Å². The molecule has 0 aliphatic carbocycles. The summed E-state index contributed by atoms with van der Waals surface area (Å²) in [6, 6.07) is 8.52. The average molecular weight is 262 g/mol. The van der Waals surface area contributed by atoms with Crippen LogP contribution in [0.5, 0.6) is 0 Å². The molecule has 0 aromatic heterocycles. The van der Waals surface area contributed by atoms with Gasteiger partial charge in [0.15, 0.2) is 0 Å². The normalized spacial score (nSPS) is 12.7. The monoisotopic (exact) mass is 262 g/mol. The number of hydrogen-bond donors (Lipinski definition) is 1. The zero-order chi connectivity index (χ0) is 14.8. The van der Waals surface area contributed by atoms with Crippen LogP contribution >= 0.6 is 0 Å². The fourth-order valence-electron chi connectivity index (χ4n) is 1.42. The van der Waals surface area contributed by atoms with Crippen LogP contribution in [-0.2, 0) is 0 Å². The first-order valence-electron chi connectivity index (χ1n) is 7.27. The first-order chi connectivity index (χ1) is 8.82. The fourth-order valence-corrected chi connectivity index (χ4v) is 1.42. The molecule has 0 saturated heterocycles. The number of aliphatic hydroxyl groups excluding tert-OH is 1. The quantitative estimate of drug-likeness (QED) is 0.785. The maximum absolute atomic E-state index is 9.12. The molecule has 0 aliphatic heterocycles. The van der Waals surface area contributed by atoms with Crippen molar-refractivity contribution in [2.45, 2.75) is 60.0 Å². The summed E-state index contributed by atoms with van der Waals surface area (Å²) in [4.78, 5) is 0. The third kappa shape index (κ3) is 10.5. The first kappa shape index (κ1) is 17.9. The largest absolute Gasteiger partial charge is 0.393 e. The van der Waals surface area contributed by atoms with Crippen LogP contribution in [-0.4, -0.2) is 11.2 Å². The molecule has 0 amide bonds. The highest BCUT2D eigenvalue weighted by Crippen LogP contribution is 2.16. The van der Waals surface area contributed by atoms with Crippen molar-refractivity contribution >= 4 is 6.08 Å². The van der Waals surface area contributed by atoms with E-state index < -0.39 is 0 Å². The highest BCUT2D eigenvalue weighted by molar-refractivity contribution is 5.50. The Kier molecular flexibility index (Phi) is 9.24. The number of rotatable bonds is 4. The Morgan fingerprint density at radius 2 is 1.63 bits per heavy atom. The van der Waals surface area contributed by atoms with Gasteiger partial charge < -0.3 is 5.11 Å². The molecule has 0 heterocycles. The van der Waals surface area contributed by atoms with Crippen LogP contribution in [0, 0.1) is 5.92 Å². The molecule has 0 radical (unpaired) electrons. The maximum atomic E-state index is 9.12. The second-order valence-electron chi connectivity index (χ2n) is 6.04. The summed E-state index contributed by atoms with van der Waals surface area (Å²) in [6.45, 7) is 12.7. The summed E-state index contributed by atoms with van der Waals surface area (Å²) in [5.74, 6) is 1.40. The summed E-state index contributed by atoms with van der Waals surface area (Å²) >= 11 is 0. The van der Waals surface area contributed by atoms with Crippen molar-refractivity contribution < 1.29 is 5.11 Å². The van der Waals surface area contributed by atoms with Gasteiger partial charge in [0.1, 0.15) is 0 Å². The van der Waals surface area contributed by atoms with E-state index in [4.69, 9.17) is 5.11 Å².